The number of methoxy groups -OCH3 is 1. The summed E-state index contributed by atoms with van der Waals surface area (Å²) in [4.78, 5) is 12.6. The number of hydrogen-bond acceptors (Lipinski definition) is 3. The number of halogens is 1. The van der Waals surface area contributed by atoms with Crippen LogP contribution in [-0.4, -0.2) is 19.0 Å². The summed E-state index contributed by atoms with van der Waals surface area (Å²) >= 11 is 3.41. The smallest absolute Gasteiger partial charge is 0.194 e. The fourth-order valence-corrected chi connectivity index (χ4v) is 2.37. The van der Waals surface area contributed by atoms with Crippen LogP contribution in [0.1, 0.15) is 29.8 Å². The highest BCUT2D eigenvalue weighted by atomic mass is 79.9. The summed E-state index contributed by atoms with van der Waals surface area (Å²) in [5, 5.41) is 0. The lowest BCUT2D eigenvalue weighted by Crippen LogP contribution is -2.07. The van der Waals surface area contributed by atoms with Gasteiger partial charge in [-0.3, -0.25) is 4.79 Å². The lowest BCUT2D eigenvalue weighted by molar-refractivity contribution is 0.103. The molecule has 2 rings (SSSR count). The molecular formula is C17H17BrO3. The van der Waals surface area contributed by atoms with Gasteiger partial charge in [0.25, 0.3) is 0 Å². The van der Waals surface area contributed by atoms with E-state index < -0.39 is 0 Å². The van der Waals surface area contributed by atoms with Crippen LogP contribution in [0.4, 0.5) is 0 Å². The van der Waals surface area contributed by atoms with Crippen LogP contribution in [0.15, 0.2) is 46.9 Å². The molecule has 0 aromatic heterocycles. The molecule has 0 unspecified atom stereocenters. The highest BCUT2D eigenvalue weighted by Gasteiger charge is 2.14. The Hall–Kier alpha value is -1.81. The zero-order chi connectivity index (χ0) is 15.4. The normalized spacial score (nSPS) is 10.5. The van der Waals surface area contributed by atoms with E-state index in [-0.39, 0.29) is 11.9 Å². The van der Waals surface area contributed by atoms with Crippen molar-refractivity contribution in [2.45, 2.75) is 20.0 Å². The largest absolute Gasteiger partial charge is 0.497 e. The van der Waals surface area contributed by atoms with Crippen molar-refractivity contribution in [2.75, 3.05) is 7.11 Å². The fraction of sp³-hybridized carbons (Fsp3) is 0.235. The number of carbonyl (C=O) groups excluding carboxylic acids is 1. The van der Waals surface area contributed by atoms with Crippen molar-refractivity contribution in [1.29, 1.82) is 0 Å². The number of rotatable bonds is 5. The molecular weight excluding hydrogens is 332 g/mol. The Balaban J connectivity index is 2.36. The fourth-order valence-electron chi connectivity index (χ4n) is 1.94. The minimum Gasteiger partial charge on any atom is -0.497 e. The second-order valence-electron chi connectivity index (χ2n) is 4.87. The van der Waals surface area contributed by atoms with Crippen molar-refractivity contribution in [3.63, 3.8) is 0 Å². The zero-order valence-electron chi connectivity index (χ0n) is 12.2. The average Bonchev–Trinajstić information content (AvgIpc) is 2.46. The van der Waals surface area contributed by atoms with Crippen LogP contribution < -0.4 is 9.47 Å². The summed E-state index contributed by atoms with van der Waals surface area (Å²) in [6.45, 7) is 3.90. The minimum atomic E-state index is -0.0741. The Morgan fingerprint density at radius 2 is 1.86 bits per heavy atom. The second kappa shape index (κ2) is 6.76. The molecule has 0 heterocycles. The number of carbonyl (C=O) groups is 1. The minimum absolute atomic E-state index is 0.0684. The summed E-state index contributed by atoms with van der Waals surface area (Å²) in [6, 6.07) is 12.5. The van der Waals surface area contributed by atoms with Crippen molar-refractivity contribution in [3.8, 4) is 11.5 Å². The molecule has 2 aromatic carbocycles. The molecule has 4 heteroatoms. The monoisotopic (exact) mass is 348 g/mol. The molecule has 0 atom stereocenters. The van der Waals surface area contributed by atoms with Gasteiger partial charge in [-0.15, -0.1) is 0 Å². The van der Waals surface area contributed by atoms with Crippen LogP contribution in [-0.2, 0) is 0 Å². The topological polar surface area (TPSA) is 35.5 Å². The van der Waals surface area contributed by atoms with E-state index in [2.05, 4.69) is 15.9 Å². The van der Waals surface area contributed by atoms with Gasteiger partial charge in [0.1, 0.15) is 11.5 Å². The molecule has 0 N–H and O–H groups in total. The van der Waals surface area contributed by atoms with Crippen LogP contribution >= 0.6 is 15.9 Å². The molecule has 0 saturated carbocycles. The first-order valence-electron chi connectivity index (χ1n) is 6.66. The quantitative estimate of drug-likeness (QED) is 0.747. The molecule has 0 fully saturated rings. The third-order valence-electron chi connectivity index (χ3n) is 2.89. The number of hydrogen-bond donors (Lipinski definition) is 0. The summed E-state index contributed by atoms with van der Waals surface area (Å²) < 4.78 is 11.5. The highest BCUT2D eigenvalue weighted by Crippen LogP contribution is 2.26. The van der Waals surface area contributed by atoms with Crippen molar-refractivity contribution < 1.29 is 14.3 Å². The van der Waals surface area contributed by atoms with Crippen LogP contribution in [0.25, 0.3) is 0 Å². The highest BCUT2D eigenvalue weighted by molar-refractivity contribution is 9.10. The van der Waals surface area contributed by atoms with E-state index in [0.29, 0.717) is 22.6 Å². The predicted octanol–water partition coefficient (Wildman–Crippen LogP) is 4.48. The summed E-state index contributed by atoms with van der Waals surface area (Å²) in [7, 11) is 1.58. The van der Waals surface area contributed by atoms with Gasteiger partial charge < -0.3 is 9.47 Å². The molecule has 0 aliphatic carbocycles. The van der Waals surface area contributed by atoms with Gasteiger partial charge in [-0.2, -0.15) is 0 Å². The Morgan fingerprint density at radius 1 is 1.10 bits per heavy atom. The molecule has 0 aliphatic heterocycles. The van der Waals surface area contributed by atoms with Crippen LogP contribution in [0.2, 0.25) is 0 Å². The van der Waals surface area contributed by atoms with Gasteiger partial charge in [-0.25, -0.2) is 0 Å². The first kappa shape index (κ1) is 15.6. The molecule has 0 amide bonds. The van der Waals surface area contributed by atoms with E-state index in [1.807, 2.05) is 26.0 Å². The third-order valence-corrected chi connectivity index (χ3v) is 3.58. The van der Waals surface area contributed by atoms with E-state index in [0.717, 1.165) is 4.47 Å². The summed E-state index contributed by atoms with van der Waals surface area (Å²) in [5.74, 6) is 1.26. The molecule has 2 aromatic rings. The van der Waals surface area contributed by atoms with E-state index in [9.17, 15) is 4.79 Å². The Kier molecular flexibility index (Phi) is 5.02. The lowest BCUT2D eigenvalue weighted by Gasteiger charge is -2.11. The van der Waals surface area contributed by atoms with Gasteiger partial charge in [-0.1, -0.05) is 28.1 Å². The molecule has 0 radical (unpaired) electrons. The number of ether oxygens (including phenoxy) is 2. The van der Waals surface area contributed by atoms with Crippen LogP contribution in [0.5, 0.6) is 11.5 Å². The standard InChI is InChI=1S/C17H17BrO3/c1-11(2)21-14-6-4-5-12(9-14)17(19)15-10-13(20-3)7-8-16(15)18/h4-11H,1-3H3. The molecule has 0 aliphatic rings. The Bertz CT molecular complexity index is 650. The Morgan fingerprint density at radius 3 is 2.52 bits per heavy atom. The van der Waals surface area contributed by atoms with Gasteiger partial charge in [0, 0.05) is 15.6 Å². The van der Waals surface area contributed by atoms with Gasteiger partial charge in [-0.05, 0) is 44.2 Å². The van der Waals surface area contributed by atoms with E-state index in [1.165, 1.54) is 0 Å². The van der Waals surface area contributed by atoms with Gasteiger partial charge >= 0.3 is 0 Å². The zero-order valence-corrected chi connectivity index (χ0v) is 13.8. The van der Waals surface area contributed by atoms with Crippen molar-refractivity contribution in [2.24, 2.45) is 0 Å². The first-order chi connectivity index (χ1) is 10.0. The number of ketones is 1. The van der Waals surface area contributed by atoms with Crippen LogP contribution in [0.3, 0.4) is 0 Å². The third kappa shape index (κ3) is 3.85. The summed E-state index contributed by atoms with van der Waals surface area (Å²) in [5.41, 5.74) is 1.15. The van der Waals surface area contributed by atoms with E-state index in [1.54, 1.807) is 37.4 Å². The van der Waals surface area contributed by atoms with E-state index >= 15 is 0 Å². The maximum Gasteiger partial charge on any atom is 0.194 e. The van der Waals surface area contributed by atoms with Crippen molar-refractivity contribution in [3.05, 3.63) is 58.1 Å². The van der Waals surface area contributed by atoms with Gasteiger partial charge in [0.05, 0.1) is 13.2 Å². The first-order valence-corrected chi connectivity index (χ1v) is 7.45. The lowest BCUT2D eigenvalue weighted by atomic mass is 10.0. The maximum atomic E-state index is 12.6. The molecule has 0 saturated heterocycles. The summed E-state index contributed by atoms with van der Waals surface area (Å²) in [6.07, 6.45) is 0.0684. The molecule has 0 bridgehead atoms. The van der Waals surface area contributed by atoms with E-state index in [4.69, 9.17) is 9.47 Å². The maximum absolute atomic E-state index is 12.6. The van der Waals surface area contributed by atoms with Crippen LogP contribution in [0, 0.1) is 0 Å². The molecule has 0 spiro atoms. The van der Waals surface area contributed by atoms with Crippen molar-refractivity contribution in [1.82, 2.24) is 0 Å². The average molecular weight is 349 g/mol. The Labute approximate surface area is 133 Å². The molecule has 21 heavy (non-hydrogen) atoms. The predicted molar refractivity (Wildman–Crippen MR) is 86.3 cm³/mol. The number of benzene rings is 2. The molecule has 110 valence electrons. The van der Waals surface area contributed by atoms with Gasteiger partial charge in [0.15, 0.2) is 5.78 Å². The SMILES string of the molecule is COc1ccc(Br)c(C(=O)c2cccc(OC(C)C)c2)c1. The second-order valence-corrected chi connectivity index (χ2v) is 5.72. The van der Waals surface area contributed by atoms with Crippen molar-refractivity contribution >= 4 is 21.7 Å². The molecule has 3 nitrogen and oxygen atoms in total. The van der Waals surface area contributed by atoms with Gasteiger partial charge in [0.2, 0.25) is 0 Å².